The van der Waals surface area contributed by atoms with Gasteiger partial charge in [0.2, 0.25) is 0 Å². The van der Waals surface area contributed by atoms with E-state index in [0.29, 0.717) is 25.7 Å². The topological polar surface area (TPSA) is 92.7 Å². The van der Waals surface area contributed by atoms with Crippen LogP contribution in [0.15, 0.2) is 30.3 Å². The number of thioether (sulfide) groups is 2. The second-order valence-corrected chi connectivity index (χ2v) is 11.4. The van der Waals surface area contributed by atoms with E-state index >= 15 is 0 Å². The van der Waals surface area contributed by atoms with Crippen LogP contribution in [0, 0.1) is 11.8 Å². The van der Waals surface area contributed by atoms with Crippen LogP contribution in [0.25, 0.3) is 0 Å². The number of nitrogens with one attached hydrogen (secondary N) is 1. The van der Waals surface area contributed by atoms with Gasteiger partial charge < -0.3 is 9.84 Å². The molecule has 1 saturated carbocycles. The van der Waals surface area contributed by atoms with Gasteiger partial charge in [0.15, 0.2) is 5.78 Å². The Morgan fingerprint density at radius 2 is 1.81 bits per heavy atom. The fourth-order valence-electron chi connectivity index (χ4n) is 4.50. The number of carbonyl (C=O) groups excluding carboxylic acids is 2. The fraction of sp³-hybridized carbons (Fsp3) is 0.609. The highest BCUT2D eigenvalue weighted by molar-refractivity contribution is 8.21. The highest BCUT2D eigenvalue weighted by Crippen LogP contribution is 2.58. The third-order valence-corrected chi connectivity index (χ3v) is 9.56. The minimum atomic E-state index is -0.901. The number of carbonyl (C=O) groups is 3. The Morgan fingerprint density at radius 3 is 2.42 bits per heavy atom. The summed E-state index contributed by atoms with van der Waals surface area (Å²) in [6.45, 7) is 3.76. The first-order chi connectivity index (χ1) is 14.8. The Bertz CT molecular complexity index is 781. The summed E-state index contributed by atoms with van der Waals surface area (Å²) in [6, 6.07) is 8.62. The number of rotatable bonds is 10. The van der Waals surface area contributed by atoms with Gasteiger partial charge in [-0.3, -0.25) is 19.7 Å². The number of aryl methyl sites for hydroxylation is 1. The Balaban J connectivity index is 1.67. The van der Waals surface area contributed by atoms with Crippen molar-refractivity contribution in [1.29, 1.82) is 0 Å². The van der Waals surface area contributed by atoms with Gasteiger partial charge in [0.1, 0.15) is 6.04 Å². The van der Waals surface area contributed by atoms with Crippen LogP contribution in [0.1, 0.15) is 38.7 Å². The van der Waals surface area contributed by atoms with Gasteiger partial charge in [-0.2, -0.15) is 0 Å². The summed E-state index contributed by atoms with van der Waals surface area (Å²) in [5, 5.41) is 12.9. The molecule has 31 heavy (non-hydrogen) atoms. The normalized spacial score (nSPS) is 24.1. The van der Waals surface area contributed by atoms with E-state index in [4.69, 9.17) is 4.74 Å². The lowest BCUT2D eigenvalue weighted by Crippen LogP contribution is -2.49. The molecule has 1 aromatic rings. The largest absolute Gasteiger partial charge is 0.481 e. The van der Waals surface area contributed by atoms with Gasteiger partial charge in [-0.15, -0.1) is 23.5 Å². The monoisotopic (exact) mass is 465 g/mol. The Kier molecular flexibility index (Phi) is 8.47. The van der Waals surface area contributed by atoms with Gasteiger partial charge in [0, 0.05) is 17.4 Å². The Hall–Kier alpha value is -1.51. The number of benzene rings is 1. The van der Waals surface area contributed by atoms with Gasteiger partial charge in [-0.05, 0) is 45.1 Å². The number of carboxylic acid groups (broad SMARTS) is 1. The van der Waals surface area contributed by atoms with E-state index in [1.54, 1.807) is 37.4 Å². The number of ketones is 1. The van der Waals surface area contributed by atoms with Crippen LogP contribution in [0.4, 0.5) is 0 Å². The van der Waals surface area contributed by atoms with Crippen LogP contribution in [-0.2, 0) is 25.5 Å². The molecule has 0 amide bonds. The fourth-order valence-corrected chi connectivity index (χ4v) is 7.94. The summed E-state index contributed by atoms with van der Waals surface area (Å²) in [4.78, 5) is 37.7. The van der Waals surface area contributed by atoms with E-state index < -0.39 is 29.9 Å². The summed E-state index contributed by atoms with van der Waals surface area (Å²) in [5.74, 6) is -0.604. The SMILES string of the molecule is CCOC(=O)[C@H](CCc1ccccc1)N[C@@H](C)C(=O)C1CC2(CC1C(=O)O)SCCS2. The summed E-state index contributed by atoms with van der Waals surface area (Å²) in [5.41, 5.74) is 1.11. The van der Waals surface area contributed by atoms with Crippen LogP contribution in [0.2, 0.25) is 0 Å². The first-order valence-corrected chi connectivity index (χ1v) is 12.8. The summed E-state index contributed by atoms with van der Waals surface area (Å²) < 4.78 is 5.06. The Labute approximate surface area is 192 Å². The van der Waals surface area contributed by atoms with Gasteiger partial charge >= 0.3 is 11.9 Å². The van der Waals surface area contributed by atoms with E-state index in [1.165, 1.54) is 0 Å². The highest BCUT2D eigenvalue weighted by Gasteiger charge is 2.53. The number of hydrogen-bond donors (Lipinski definition) is 2. The maximum absolute atomic E-state index is 13.3. The zero-order valence-electron chi connectivity index (χ0n) is 18.0. The number of ether oxygens (including phenoxy) is 1. The van der Waals surface area contributed by atoms with Crippen LogP contribution in [0.3, 0.4) is 0 Å². The summed E-state index contributed by atoms with van der Waals surface area (Å²) in [6.07, 6.45) is 2.29. The van der Waals surface area contributed by atoms with Crippen molar-refractivity contribution in [3.05, 3.63) is 35.9 Å². The van der Waals surface area contributed by atoms with Gasteiger partial charge in [-0.25, -0.2) is 0 Å². The summed E-state index contributed by atoms with van der Waals surface area (Å²) >= 11 is 3.58. The van der Waals surface area contributed by atoms with Crippen LogP contribution >= 0.6 is 23.5 Å². The molecule has 0 radical (unpaired) electrons. The van der Waals surface area contributed by atoms with E-state index in [9.17, 15) is 19.5 Å². The number of Topliss-reactive ketones (excluding diaryl/α,β-unsaturated/α-hetero) is 1. The molecular formula is C23H31NO5S2. The number of carboxylic acids is 1. The van der Waals surface area contributed by atoms with E-state index in [0.717, 1.165) is 17.1 Å². The molecule has 0 aromatic heterocycles. The molecule has 4 atom stereocenters. The molecule has 2 aliphatic rings. The van der Waals surface area contributed by atoms with Crippen molar-refractivity contribution in [2.75, 3.05) is 18.1 Å². The molecule has 2 unspecified atom stereocenters. The number of hydrogen-bond acceptors (Lipinski definition) is 7. The molecule has 1 aliphatic heterocycles. The minimum absolute atomic E-state index is 0.119. The van der Waals surface area contributed by atoms with Crippen LogP contribution in [-0.4, -0.2) is 57.1 Å². The predicted octanol–water partition coefficient (Wildman–Crippen LogP) is 3.39. The maximum Gasteiger partial charge on any atom is 0.323 e. The zero-order valence-corrected chi connectivity index (χ0v) is 19.7. The molecule has 8 heteroatoms. The average Bonchev–Trinajstić information content (AvgIpc) is 3.38. The molecule has 2 fully saturated rings. The molecule has 1 spiro atoms. The van der Waals surface area contributed by atoms with Crippen molar-refractivity contribution in [1.82, 2.24) is 5.32 Å². The lowest BCUT2D eigenvalue weighted by atomic mass is 9.88. The third-order valence-electron chi connectivity index (χ3n) is 6.06. The second-order valence-electron chi connectivity index (χ2n) is 8.19. The van der Waals surface area contributed by atoms with Gasteiger partial charge in [0.05, 0.1) is 22.6 Å². The van der Waals surface area contributed by atoms with Crippen molar-refractivity contribution in [2.45, 2.75) is 55.7 Å². The van der Waals surface area contributed by atoms with Crippen molar-refractivity contribution in [3.63, 3.8) is 0 Å². The number of aliphatic carboxylic acids is 1. The standard InChI is InChI=1S/C23H31NO5S2/c1-3-29-22(28)19(10-9-16-7-5-4-6-8-16)24-15(2)20(25)17-13-23(30-11-12-31-23)14-18(17)21(26)27/h4-8,15,17-19,24H,3,9-14H2,1-2H3,(H,26,27)/t15-,17?,18?,19-/m0/s1. The van der Waals surface area contributed by atoms with Crippen LogP contribution in [0.5, 0.6) is 0 Å². The van der Waals surface area contributed by atoms with Crippen molar-refractivity contribution >= 4 is 41.2 Å². The van der Waals surface area contributed by atoms with Crippen molar-refractivity contribution in [3.8, 4) is 0 Å². The van der Waals surface area contributed by atoms with Crippen LogP contribution < -0.4 is 5.32 Å². The van der Waals surface area contributed by atoms with E-state index in [1.807, 2.05) is 30.3 Å². The first-order valence-electron chi connectivity index (χ1n) is 10.9. The van der Waals surface area contributed by atoms with E-state index in [2.05, 4.69) is 5.32 Å². The second kappa shape index (κ2) is 10.9. The smallest absolute Gasteiger partial charge is 0.323 e. The highest BCUT2D eigenvalue weighted by atomic mass is 32.2. The molecular weight excluding hydrogens is 434 g/mol. The Morgan fingerprint density at radius 1 is 1.16 bits per heavy atom. The third kappa shape index (κ3) is 6.05. The molecule has 3 rings (SSSR count). The molecule has 6 nitrogen and oxygen atoms in total. The molecule has 1 heterocycles. The van der Waals surface area contributed by atoms with E-state index in [-0.39, 0.29) is 22.4 Å². The lowest BCUT2D eigenvalue weighted by Gasteiger charge is -2.25. The lowest BCUT2D eigenvalue weighted by molar-refractivity contribution is -0.148. The minimum Gasteiger partial charge on any atom is -0.481 e. The predicted molar refractivity (Wildman–Crippen MR) is 124 cm³/mol. The maximum atomic E-state index is 13.3. The quantitative estimate of drug-likeness (QED) is 0.508. The summed E-state index contributed by atoms with van der Waals surface area (Å²) in [7, 11) is 0. The van der Waals surface area contributed by atoms with Gasteiger partial charge in [0.25, 0.3) is 0 Å². The van der Waals surface area contributed by atoms with Crippen molar-refractivity contribution < 1.29 is 24.2 Å². The molecule has 1 saturated heterocycles. The number of esters is 1. The first kappa shape index (κ1) is 24.1. The average molecular weight is 466 g/mol. The molecule has 170 valence electrons. The van der Waals surface area contributed by atoms with Crippen molar-refractivity contribution in [2.24, 2.45) is 11.8 Å². The molecule has 1 aromatic carbocycles. The molecule has 0 bridgehead atoms. The van der Waals surface area contributed by atoms with Gasteiger partial charge in [-0.1, -0.05) is 30.3 Å². The zero-order chi connectivity index (χ0) is 22.4. The molecule has 1 aliphatic carbocycles. The molecule has 2 N–H and O–H groups in total.